The smallest absolute Gasteiger partial charge is 0.0998 e. The Balaban J connectivity index is 2.44. The number of rotatable bonds is 3. The number of hydrogen-bond acceptors (Lipinski definition) is 2. The number of nitrogens with zero attached hydrogens (tertiary/aromatic N) is 2. The minimum Gasteiger partial charge on any atom is -0.378 e. The third-order valence-corrected chi connectivity index (χ3v) is 3.31. The molecule has 2 heteroatoms. The number of nitriles is 1. The van der Waals surface area contributed by atoms with Crippen molar-refractivity contribution in [3.05, 3.63) is 53.6 Å². The number of aryl methyl sites for hydroxylation is 1. The van der Waals surface area contributed by atoms with Gasteiger partial charge in [0.2, 0.25) is 0 Å². The van der Waals surface area contributed by atoms with E-state index in [0.717, 1.165) is 28.8 Å². The van der Waals surface area contributed by atoms with Crippen LogP contribution in [0.4, 0.5) is 5.69 Å². The van der Waals surface area contributed by atoms with Gasteiger partial charge in [0.15, 0.2) is 0 Å². The molecule has 0 saturated carbocycles. The van der Waals surface area contributed by atoms with Gasteiger partial charge in [0.05, 0.1) is 11.6 Å². The normalized spacial score (nSPS) is 10.0. The third-order valence-electron chi connectivity index (χ3n) is 3.31. The van der Waals surface area contributed by atoms with Gasteiger partial charge in [0, 0.05) is 19.8 Å². The van der Waals surface area contributed by atoms with Crippen LogP contribution in [0.2, 0.25) is 0 Å². The van der Waals surface area contributed by atoms with Crippen molar-refractivity contribution in [1.29, 1.82) is 5.26 Å². The van der Waals surface area contributed by atoms with Gasteiger partial charge in [0.1, 0.15) is 0 Å². The molecule has 0 amide bonds. The van der Waals surface area contributed by atoms with Crippen molar-refractivity contribution in [3.8, 4) is 17.2 Å². The van der Waals surface area contributed by atoms with Gasteiger partial charge in [-0.25, -0.2) is 0 Å². The molecule has 0 unspecified atom stereocenters. The van der Waals surface area contributed by atoms with E-state index in [2.05, 4.69) is 48.2 Å². The molecule has 0 bridgehead atoms. The Bertz CT molecular complexity index is 604. The summed E-state index contributed by atoms with van der Waals surface area (Å²) in [4.78, 5) is 2.06. The van der Waals surface area contributed by atoms with E-state index in [0.29, 0.717) is 0 Å². The molecular formula is C17H18N2. The molecule has 19 heavy (non-hydrogen) atoms. The van der Waals surface area contributed by atoms with Crippen molar-refractivity contribution in [2.45, 2.75) is 13.3 Å². The van der Waals surface area contributed by atoms with Crippen LogP contribution in [0.25, 0.3) is 11.1 Å². The molecule has 0 aliphatic carbocycles. The Morgan fingerprint density at radius 1 is 1.05 bits per heavy atom. The van der Waals surface area contributed by atoms with Crippen LogP contribution in [-0.2, 0) is 6.42 Å². The zero-order valence-electron chi connectivity index (χ0n) is 11.6. The van der Waals surface area contributed by atoms with Gasteiger partial charge < -0.3 is 4.90 Å². The lowest BCUT2D eigenvalue weighted by atomic mass is 9.97. The topological polar surface area (TPSA) is 27.0 Å². The SMILES string of the molecule is CCc1ccc(-c2ccc(N(C)C)cc2)c(C#N)c1. The first-order chi connectivity index (χ1) is 9.15. The van der Waals surface area contributed by atoms with Crippen molar-refractivity contribution >= 4 is 5.69 Å². The predicted molar refractivity (Wildman–Crippen MR) is 80.3 cm³/mol. The zero-order valence-corrected chi connectivity index (χ0v) is 11.6. The van der Waals surface area contributed by atoms with Gasteiger partial charge in [-0.3, -0.25) is 0 Å². The number of benzene rings is 2. The van der Waals surface area contributed by atoms with Crippen LogP contribution < -0.4 is 4.90 Å². The average Bonchev–Trinajstić information content (AvgIpc) is 2.46. The largest absolute Gasteiger partial charge is 0.378 e. The van der Waals surface area contributed by atoms with Crippen molar-refractivity contribution in [3.63, 3.8) is 0 Å². The van der Waals surface area contributed by atoms with Crippen LogP contribution in [0.3, 0.4) is 0 Å². The summed E-state index contributed by atoms with van der Waals surface area (Å²) >= 11 is 0. The molecule has 2 aromatic carbocycles. The van der Waals surface area contributed by atoms with E-state index in [1.54, 1.807) is 0 Å². The fraction of sp³-hybridized carbons (Fsp3) is 0.235. The van der Waals surface area contributed by atoms with E-state index in [1.165, 1.54) is 5.56 Å². The molecule has 0 atom stereocenters. The fourth-order valence-electron chi connectivity index (χ4n) is 2.09. The average molecular weight is 250 g/mol. The first kappa shape index (κ1) is 13.2. The molecule has 96 valence electrons. The molecule has 0 heterocycles. The van der Waals surface area contributed by atoms with Crippen LogP contribution in [0.15, 0.2) is 42.5 Å². The molecule has 0 fully saturated rings. The van der Waals surface area contributed by atoms with Crippen molar-refractivity contribution in [2.75, 3.05) is 19.0 Å². The Morgan fingerprint density at radius 3 is 2.26 bits per heavy atom. The highest BCUT2D eigenvalue weighted by atomic mass is 15.1. The standard InChI is InChI=1S/C17H18N2/c1-4-13-5-10-17(15(11-13)12-18)14-6-8-16(9-7-14)19(2)3/h5-11H,4H2,1-3H3. The molecular weight excluding hydrogens is 232 g/mol. The molecule has 0 spiro atoms. The van der Waals surface area contributed by atoms with Gasteiger partial charge in [-0.05, 0) is 41.3 Å². The maximum absolute atomic E-state index is 9.28. The third kappa shape index (κ3) is 2.77. The summed E-state index contributed by atoms with van der Waals surface area (Å²) in [7, 11) is 4.04. The predicted octanol–water partition coefficient (Wildman–Crippen LogP) is 3.85. The lowest BCUT2D eigenvalue weighted by molar-refractivity contribution is 1.13. The first-order valence-corrected chi connectivity index (χ1v) is 6.46. The maximum Gasteiger partial charge on any atom is 0.0998 e. The van der Waals surface area contributed by atoms with E-state index in [-0.39, 0.29) is 0 Å². The van der Waals surface area contributed by atoms with E-state index >= 15 is 0 Å². The Hall–Kier alpha value is -2.27. The summed E-state index contributed by atoms with van der Waals surface area (Å²) in [5, 5.41) is 9.28. The summed E-state index contributed by atoms with van der Waals surface area (Å²) in [6.07, 6.45) is 0.953. The van der Waals surface area contributed by atoms with E-state index in [9.17, 15) is 5.26 Å². The van der Waals surface area contributed by atoms with Gasteiger partial charge in [-0.2, -0.15) is 5.26 Å². The highest BCUT2D eigenvalue weighted by Gasteiger charge is 2.06. The van der Waals surface area contributed by atoms with Gasteiger partial charge in [-0.15, -0.1) is 0 Å². The van der Waals surface area contributed by atoms with Crippen LogP contribution in [0, 0.1) is 11.3 Å². The monoisotopic (exact) mass is 250 g/mol. The Kier molecular flexibility index (Phi) is 3.87. The highest BCUT2D eigenvalue weighted by Crippen LogP contribution is 2.26. The minimum atomic E-state index is 0.747. The summed E-state index contributed by atoms with van der Waals surface area (Å²) in [5.41, 5.74) is 5.20. The van der Waals surface area contributed by atoms with Crippen LogP contribution in [-0.4, -0.2) is 14.1 Å². The lowest BCUT2D eigenvalue weighted by Gasteiger charge is -2.13. The number of anilines is 1. The van der Waals surface area contributed by atoms with Crippen LogP contribution in [0.5, 0.6) is 0 Å². The van der Waals surface area contributed by atoms with E-state index < -0.39 is 0 Å². The molecule has 0 aliphatic rings. The maximum atomic E-state index is 9.28. The van der Waals surface area contributed by atoms with Crippen LogP contribution in [0.1, 0.15) is 18.1 Å². The number of hydrogen-bond donors (Lipinski definition) is 0. The molecule has 0 N–H and O–H groups in total. The zero-order chi connectivity index (χ0) is 13.8. The van der Waals surface area contributed by atoms with Crippen molar-refractivity contribution < 1.29 is 0 Å². The quantitative estimate of drug-likeness (QED) is 0.827. The molecule has 0 saturated heterocycles. The van der Waals surface area contributed by atoms with Gasteiger partial charge in [0.25, 0.3) is 0 Å². The molecule has 2 aromatic rings. The first-order valence-electron chi connectivity index (χ1n) is 6.46. The summed E-state index contributed by atoms with van der Waals surface area (Å²) in [6.45, 7) is 2.10. The molecule has 2 rings (SSSR count). The highest BCUT2D eigenvalue weighted by molar-refractivity contribution is 5.72. The minimum absolute atomic E-state index is 0.747. The fourth-order valence-corrected chi connectivity index (χ4v) is 2.09. The second-order valence-electron chi connectivity index (χ2n) is 4.79. The van der Waals surface area contributed by atoms with E-state index in [1.807, 2.05) is 26.2 Å². The molecule has 0 radical (unpaired) electrons. The Labute approximate surface area is 114 Å². The van der Waals surface area contributed by atoms with Gasteiger partial charge in [-0.1, -0.05) is 31.2 Å². The van der Waals surface area contributed by atoms with Gasteiger partial charge >= 0.3 is 0 Å². The summed E-state index contributed by atoms with van der Waals surface area (Å²) in [5.74, 6) is 0. The lowest BCUT2D eigenvalue weighted by Crippen LogP contribution is -2.07. The summed E-state index contributed by atoms with van der Waals surface area (Å²) in [6, 6.07) is 16.7. The second-order valence-corrected chi connectivity index (χ2v) is 4.79. The Morgan fingerprint density at radius 2 is 1.74 bits per heavy atom. The van der Waals surface area contributed by atoms with E-state index in [4.69, 9.17) is 0 Å². The summed E-state index contributed by atoms with van der Waals surface area (Å²) < 4.78 is 0. The van der Waals surface area contributed by atoms with Crippen molar-refractivity contribution in [1.82, 2.24) is 0 Å². The molecule has 0 aliphatic heterocycles. The second kappa shape index (κ2) is 5.58. The van der Waals surface area contributed by atoms with Crippen LogP contribution >= 0.6 is 0 Å². The molecule has 0 aromatic heterocycles. The molecule has 2 nitrogen and oxygen atoms in total. The van der Waals surface area contributed by atoms with Crippen molar-refractivity contribution in [2.24, 2.45) is 0 Å².